The Bertz CT molecular complexity index is 1650. The number of esters is 4. The van der Waals surface area contributed by atoms with Gasteiger partial charge in [-0.15, -0.1) is 0 Å². The number of amides is 3. The van der Waals surface area contributed by atoms with Crippen molar-refractivity contribution in [2.45, 2.75) is 234 Å². The molecular weight excluding hydrogens is 911 g/mol. The Hall–Kier alpha value is -4.20. The molecule has 3 N–H and O–H groups in total. The van der Waals surface area contributed by atoms with Crippen LogP contribution in [0.3, 0.4) is 0 Å². The van der Waals surface area contributed by atoms with Gasteiger partial charge in [-0.25, -0.2) is 0 Å². The highest BCUT2D eigenvalue weighted by Gasteiger charge is 2.50. The first-order valence-electron chi connectivity index (χ1n) is 25.6. The number of nitrogens with one attached hydrogen (secondary N) is 3. The molecule has 70 heavy (non-hydrogen) atoms. The fraction of sp³-hybridized carbons (Fsp3) is 0.843. The molecule has 0 bridgehead atoms. The van der Waals surface area contributed by atoms with Crippen molar-refractivity contribution in [1.82, 2.24) is 16.0 Å². The average Bonchev–Trinajstić information content (AvgIpc) is 3.26. The monoisotopic (exact) mass is 998 g/mol. The molecule has 11 atom stereocenters. The van der Waals surface area contributed by atoms with Crippen molar-refractivity contribution < 1.29 is 76.3 Å². The van der Waals surface area contributed by atoms with Crippen molar-refractivity contribution in [3.05, 3.63) is 0 Å². The predicted molar refractivity (Wildman–Crippen MR) is 257 cm³/mol. The molecule has 402 valence electrons. The minimum Gasteiger partial charge on any atom is -0.463 e. The molecule has 0 radical (unpaired) electrons. The van der Waals surface area contributed by atoms with E-state index in [-0.39, 0.29) is 79.4 Å². The van der Waals surface area contributed by atoms with E-state index >= 15 is 0 Å². The second kappa shape index (κ2) is 32.7. The zero-order valence-corrected chi connectivity index (χ0v) is 44.0. The minimum atomic E-state index is -1.05. The summed E-state index contributed by atoms with van der Waals surface area (Å²) < 4.78 is 46.0. The number of carbonyl (C=O) groups excluding carboxylic acids is 8. The van der Waals surface area contributed by atoms with Gasteiger partial charge >= 0.3 is 23.9 Å². The highest BCUT2D eigenvalue weighted by Crippen LogP contribution is 2.36. The zero-order valence-electron chi connectivity index (χ0n) is 44.0. The van der Waals surface area contributed by atoms with Crippen molar-refractivity contribution >= 4 is 47.4 Å². The number of ketones is 1. The van der Waals surface area contributed by atoms with Crippen LogP contribution < -0.4 is 16.0 Å². The van der Waals surface area contributed by atoms with Crippen LogP contribution in [0.15, 0.2) is 0 Å². The lowest BCUT2D eigenvalue weighted by Crippen LogP contribution is -2.65. The Morgan fingerprint density at radius 2 is 1.17 bits per heavy atom. The molecule has 10 unspecified atom stereocenters. The van der Waals surface area contributed by atoms with E-state index in [2.05, 4.69) is 36.7 Å². The van der Waals surface area contributed by atoms with E-state index in [1.54, 1.807) is 0 Å². The van der Waals surface area contributed by atoms with Crippen molar-refractivity contribution in [3.8, 4) is 0 Å². The van der Waals surface area contributed by atoms with Gasteiger partial charge in [0.2, 0.25) is 17.7 Å². The molecule has 2 saturated heterocycles. The first kappa shape index (κ1) is 61.9. The Labute approximate surface area is 416 Å². The summed E-state index contributed by atoms with van der Waals surface area (Å²) in [4.78, 5) is 98.9. The van der Waals surface area contributed by atoms with Gasteiger partial charge in [-0.05, 0) is 96.8 Å². The lowest BCUT2D eigenvalue weighted by Gasteiger charge is -2.45. The molecule has 2 heterocycles. The van der Waals surface area contributed by atoms with Gasteiger partial charge in [0.05, 0.1) is 12.1 Å². The number of unbranched alkanes of at least 4 members (excludes halogenated alkanes) is 6. The maximum atomic E-state index is 13.5. The normalized spacial score (nSPS) is 24.9. The standard InChI is InChI=1S/C51H87N3O16/c1-12-41-47(66-37(7)57)48(67-38(8)58)46(53-35(5)55)50(68-41)64-30-21-18-25-43(60)52-28-20-17-23-39(40(59)24-15-13-14-16-27-45(62)70-51(9,10)11)54-44(61)26-19-22-29-63-49-34(4)32(2)33(3)42(69-49)31-65-36(6)56/h32-34,39,41-42,46-50H,12-31H2,1-11H3,(H,52,60)(H,53,55)(H,54,61)/t32?,33?,34?,39-,41?,42?,46?,47?,48?,49?,50?/m1/s1. The maximum absolute atomic E-state index is 13.5. The summed E-state index contributed by atoms with van der Waals surface area (Å²) >= 11 is 0. The summed E-state index contributed by atoms with van der Waals surface area (Å²) in [7, 11) is 0. The molecule has 3 amide bonds. The van der Waals surface area contributed by atoms with Gasteiger partial charge in [-0.3, -0.25) is 38.4 Å². The number of rotatable bonds is 32. The highest BCUT2D eigenvalue weighted by atomic mass is 16.7. The summed E-state index contributed by atoms with van der Waals surface area (Å²) in [6, 6.07) is -1.62. The summed E-state index contributed by atoms with van der Waals surface area (Å²) in [6.07, 6.45) is 3.63. The number of hydrogen-bond acceptors (Lipinski definition) is 16. The van der Waals surface area contributed by atoms with E-state index in [0.29, 0.717) is 90.2 Å². The van der Waals surface area contributed by atoms with Crippen LogP contribution in [0.5, 0.6) is 0 Å². The smallest absolute Gasteiger partial charge is 0.306 e. The van der Waals surface area contributed by atoms with Crippen LogP contribution in [-0.4, -0.2) is 128 Å². The summed E-state index contributed by atoms with van der Waals surface area (Å²) in [5.41, 5.74) is -0.535. The minimum absolute atomic E-state index is 0.0523. The van der Waals surface area contributed by atoms with Gasteiger partial charge in [0.15, 0.2) is 30.6 Å². The third-order valence-corrected chi connectivity index (χ3v) is 12.6. The van der Waals surface area contributed by atoms with Crippen LogP contribution >= 0.6 is 0 Å². The van der Waals surface area contributed by atoms with Crippen LogP contribution in [-0.2, 0) is 76.3 Å². The molecule has 2 aliphatic rings. The lowest BCUT2D eigenvalue weighted by atomic mass is 9.79. The Morgan fingerprint density at radius 3 is 1.76 bits per heavy atom. The van der Waals surface area contributed by atoms with Crippen LogP contribution in [0, 0.1) is 17.8 Å². The lowest BCUT2D eigenvalue weighted by molar-refractivity contribution is -0.272. The summed E-state index contributed by atoms with van der Waals surface area (Å²) in [5.74, 6) is -2.06. The van der Waals surface area contributed by atoms with Gasteiger partial charge in [-0.1, -0.05) is 40.5 Å². The third kappa shape index (κ3) is 24.8. The summed E-state index contributed by atoms with van der Waals surface area (Å²) in [6.45, 7) is 19.9. The molecule has 0 aliphatic carbocycles. The number of Topliss-reactive ketones (excluding diaryl/α,β-unsaturated/α-hetero) is 1. The molecule has 2 aliphatic heterocycles. The van der Waals surface area contributed by atoms with E-state index < -0.39 is 66.4 Å². The molecule has 2 fully saturated rings. The van der Waals surface area contributed by atoms with Crippen LogP contribution in [0.25, 0.3) is 0 Å². The Morgan fingerprint density at radius 1 is 0.600 bits per heavy atom. The first-order valence-corrected chi connectivity index (χ1v) is 25.6. The molecule has 19 heteroatoms. The molecule has 0 spiro atoms. The maximum Gasteiger partial charge on any atom is 0.306 e. The molecule has 0 aromatic carbocycles. The second-order valence-electron chi connectivity index (χ2n) is 19.8. The molecule has 0 aromatic heterocycles. The average molecular weight is 998 g/mol. The SMILES string of the molecule is CCC1OC(OCCCCC(=O)NCCCC[C@@H](NC(=O)CCCCOC2OC(COC(C)=O)C(C)C(C)C2C)C(=O)CCCCCCC(=O)OC(C)(C)C)C(NC(C)=O)C(OC(C)=O)C1OC(C)=O. The topological polar surface area (TPSA) is 246 Å². The van der Waals surface area contributed by atoms with E-state index in [1.807, 2.05) is 27.7 Å². The first-order chi connectivity index (χ1) is 33.0. The highest BCUT2D eigenvalue weighted by molar-refractivity contribution is 5.89. The fourth-order valence-electron chi connectivity index (χ4n) is 8.53. The van der Waals surface area contributed by atoms with E-state index in [4.69, 9.17) is 37.9 Å². The fourth-order valence-corrected chi connectivity index (χ4v) is 8.53. The van der Waals surface area contributed by atoms with Crippen molar-refractivity contribution in [2.75, 3.05) is 26.4 Å². The number of ether oxygens (including phenoxy) is 8. The van der Waals surface area contributed by atoms with E-state index in [1.165, 1.54) is 27.7 Å². The van der Waals surface area contributed by atoms with E-state index in [0.717, 1.165) is 12.8 Å². The van der Waals surface area contributed by atoms with Crippen molar-refractivity contribution in [1.29, 1.82) is 0 Å². The van der Waals surface area contributed by atoms with Gasteiger partial charge < -0.3 is 53.8 Å². The Balaban J connectivity index is 1.85. The van der Waals surface area contributed by atoms with Gasteiger partial charge in [0, 0.05) is 79.1 Å². The van der Waals surface area contributed by atoms with Gasteiger partial charge in [0.1, 0.15) is 24.4 Å². The largest absolute Gasteiger partial charge is 0.463 e. The second-order valence-corrected chi connectivity index (χ2v) is 19.8. The van der Waals surface area contributed by atoms with Crippen LogP contribution in [0.1, 0.15) is 179 Å². The van der Waals surface area contributed by atoms with E-state index in [9.17, 15) is 38.4 Å². The quantitative estimate of drug-likeness (QED) is 0.0393. The third-order valence-electron chi connectivity index (χ3n) is 12.6. The summed E-state index contributed by atoms with van der Waals surface area (Å²) in [5, 5.41) is 8.60. The number of carbonyl (C=O) groups is 8. The number of hydrogen-bond donors (Lipinski definition) is 3. The Kier molecular flexibility index (Phi) is 28.9. The molecule has 0 aromatic rings. The molecule has 19 nitrogen and oxygen atoms in total. The van der Waals surface area contributed by atoms with Crippen LogP contribution in [0.4, 0.5) is 0 Å². The van der Waals surface area contributed by atoms with Gasteiger partial charge in [0.25, 0.3) is 0 Å². The molecule has 0 saturated carbocycles. The molecule has 2 rings (SSSR count). The van der Waals surface area contributed by atoms with Crippen molar-refractivity contribution in [3.63, 3.8) is 0 Å². The van der Waals surface area contributed by atoms with Gasteiger partial charge in [-0.2, -0.15) is 0 Å². The van der Waals surface area contributed by atoms with Crippen molar-refractivity contribution in [2.24, 2.45) is 17.8 Å². The van der Waals surface area contributed by atoms with Crippen LogP contribution in [0.2, 0.25) is 0 Å². The predicted octanol–water partition coefficient (Wildman–Crippen LogP) is 6.08. The zero-order chi connectivity index (χ0) is 52.4. The molecular formula is C51H87N3O16.